The van der Waals surface area contributed by atoms with E-state index in [-0.39, 0.29) is 31.4 Å². The Kier molecular flexibility index (Phi) is 24.8. The van der Waals surface area contributed by atoms with Gasteiger partial charge < -0.3 is 33.5 Å². The van der Waals surface area contributed by atoms with E-state index in [9.17, 15) is 19.5 Å². The number of nitrogens with zero attached hydrogens (tertiary/aromatic N) is 1. The van der Waals surface area contributed by atoms with Gasteiger partial charge in [0.2, 0.25) is 0 Å². The second-order valence-corrected chi connectivity index (χ2v) is 21.6. The van der Waals surface area contributed by atoms with Crippen molar-refractivity contribution in [1.29, 1.82) is 0 Å². The summed E-state index contributed by atoms with van der Waals surface area (Å²) in [6, 6.07) is 28.6. The van der Waals surface area contributed by atoms with Crippen molar-refractivity contribution >= 4 is 17.8 Å². The van der Waals surface area contributed by atoms with Crippen molar-refractivity contribution < 1.29 is 47.9 Å². The molecule has 1 N–H and O–H groups in total. The molecule has 408 valence electrons. The first-order valence-corrected chi connectivity index (χ1v) is 28.8. The molecule has 12 rings (SSSR count). The molecule has 11 atom stereocenters. The summed E-state index contributed by atoms with van der Waals surface area (Å²) in [6.07, 6.45) is 20.3. The van der Waals surface area contributed by atoms with E-state index in [0.29, 0.717) is 57.0 Å². The van der Waals surface area contributed by atoms with Crippen molar-refractivity contribution in [3.63, 3.8) is 0 Å². The van der Waals surface area contributed by atoms with E-state index in [1.54, 1.807) is 76.3 Å². The molecule has 0 spiro atoms. The van der Waals surface area contributed by atoms with Crippen molar-refractivity contribution in [3.8, 4) is 17.2 Å². The fourth-order valence-electron chi connectivity index (χ4n) is 12.7. The van der Waals surface area contributed by atoms with Crippen LogP contribution >= 0.6 is 0 Å². The van der Waals surface area contributed by atoms with Gasteiger partial charge in [-0.1, -0.05) is 103 Å². The number of carbonyl (C=O) groups excluding carboxylic acids is 3. The topological polar surface area (TPSA) is 137 Å². The molecular weight excluding hydrogens is 931 g/mol. The van der Waals surface area contributed by atoms with E-state index >= 15 is 0 Å². The predicted octanol–water partition coefficient (Wildman–Crippen LogP) is 12.6. The lowest BCUT2D eigenvalue weighted by atomic mass is 9.82. The Labute approximate surface area is 444 Å². The molecule has 11 unspecified atom stereocenters. The van der Waals surface area contributed by atoms with Crippen LogP contribution in [0, 0.1) is 59.2 Å². The third-order valence-corrected chi connectivity index (χ3v) is 16.2. The minimum atomic E-state index is -0.890. The number of hydrogen-bond acceptors (Lipinski definition) is 10. The Bertz CT molecular complexity index is 1930. The van der Waals surface area contributed by atoms with Crippen molar-refractivity contribution in [3.05, 3.63) is 103 Å². The van der Waals surface area contributed by atoms with Crippen molar-refractivity contribution in [2.24, 2.45) is 59.2 Å². The summed E-state index contributed by atoms with van der Waals surface area (Å²) in [5.41, 5.74) is 0. The zero-order chi connectivity index (χ0) is 52.7. The van der Waals surface area contributed by atoms with Crippen molar-refractivity contribution in [1.82, 2.24) is 4.90 Å². The van der Waals surface area contributed by atoms with Gasteiger partial charge in [0.15, 0.2) is 0 Å². The lowest BCUT2D eigenvalue weighted by Gasteiger charge is -2.23. The molecule has 3 aliphatic heterocycles. The van der Waals surface area contributed by atoms with Crippen LogP contribution in [0.4, 0.5) is 0 Å². The van der Waals surface area contributed by atoms with Gasteiger partial charge >= 0.3 is 5.97 Å². The van der Waals surface area contributed by atoms with E-state index in [1.807, 2.05) is 107 Å². The van der Waals surface area contributed by atoms with Crippen LogP contribution in [0.3, 0.4) is 0 Å². The molecule has 2 amide bonds. The first kappa shape index (κ1) is 58.5. The number of benzene rings is 3. The van der Waals surface area contributed by atoms with E-state index in [2.05, 4.69) is 13.8 Å². The summed E-state index contributed by atoms with van der Waals surface area (Å²) in [6.45, 7) is 16.3. The monoisotopic (exact) mass is 1020 g/mol. The molecule has 11 heteroatoms. The van der Waals surface area contributed by atoms with Crippen LogP contribution in [0.5, 0.6) is 17.2 Å². The van der Waals surface area contributed by atoms with Crippen LogP contribution in [-0.4, -0.2) is 92.3 Å². The quantitative estimate of drug-likeness (QED) is 0.0602. The molecule has 3 aromatic carbocycles. The lowest BCUT2D eigenvalue weighted by Crippen LogP contribution is -2.30. The van der Waals surface area contributed by atoms with Crippen molar-refractivity contribution in [2.75, 3.05) is 46.2 Å². The summed E-state index contributed by atoms with van der Waals surface area (Å²) < 4.78 is 31.2. The number of ether oxygens (including phenoxy) is 6. The third-order valence-electron chi connectivity index (χ3n) is 16.2. The minimum Gasteiger partial charge on any atom is -0.491 e. The molecule has 11 nitrogen and oxygen atoms in total. The molecule has 6 saturated carbocycles. The summed E-state index contributed by atoms with van der Waals surface area (Å²) in [4.78, 5) is 35.5. The molecule has 0 aromatic heterocycles. The van der Waals surface area contributed by atoms with E-state index in [0.717, 1.165) is 36.5 Å². The van der Waals surface area contributed by atoms with Gasteiger partial charge in [0, 0.05) is 25.1 Å². The second-order valence-electron chi connectivity index (χ2n) is 21.6. The molecule has 2 saturated heterocycles. The maximum absolute atomic E-state index is 11.6. The highest BCUT2D eigenvalue weighted by molar-refractivity contribution is 6.12. The first-order valence-electron chi connectivity index (χ1n) is 28.8. The lowest BCUT2D eigenvalue weighted by molar-refractivity contribution is -0.147. The molecule has 74 heavy (non-hydrogen) atoms. The minimum absolute atomic E-state index is 0.0449. The number of epoxide rings is 2. The Morgan fingerprint density at radius 3 is 1.31 bits per heavy atom. The Morgan fingerprint density at radius 2 is 0.932 bits per heavy atom. The summed E-state index contributed by atoms with van der Waals surface area (Å²) in [7, 11) is 0. The first-order chi connectivity index (χ1) is 36.1. The van der Waals surface area contributed by atoms with Crippen LogP contribution in [0.2, 0.25) is 0 Å². The van der Waals surface area contributed by atoms with Gasteiger partial charge in [-0.3, -0.25) is 19.3 Å². The number of hydrogen-bond donors (Lipinski definition) is 1. The largest absolute Gasteiger partial charge is 0.491 e. The zero-order valence-corrected chi connectivity index (χ0v) is 45.7. The maximum Gasteiger partial charge on any atom is 0.305 e. The number of fused-ring (bicyclic) bond motifs is 10. The van der Waals surface area contributed by atoms with Gasteiger partial charge in [0.05, 0.1) is 13.2 Å². The number of amides is 2. The van der Waals surface area contributed by atoms with E-state index in [1.165, 1.54) is 64.4 Å². The summed E-state index contributed by atoms with van der Waals surface area (Å²) in [5.74, 6) is 13.1. The molecule has 9 aliphatic rings. The van der Waals surface area contributed by atoms with Gasteiger partial charge in [-0.15, -0.1) is 0 Å². The fourth-order valence-corrected chi connectivity index (χ4v) is 12.7. The number of rotatable bonds is 17. The smallest absolute Gasteiger partial charge is 0.305 e. The molecule has 0 radical (unpaired) electrons. The maximum atomic E-state index is 11.6. The Morgan fingerprint density at radius 1 is 0.554 bits per heavy atom. The molecular formula is C63H91NO10. The molecule has 4 bridgehead atoms. The van der Waals surface area contributed by atoms with Crippen LogP contribution in [0.25, 0.3) is 0 Å². The van der Waals surface area contributed by atoms with Crippen LogP contribution in [0.1, 0.15) is 131 Å². The molecule has 8 fully saturated rings. The normalized spacial score (nSPS) is 29.5. The number of para-hydroxylation sites is 3. The number of unbranched alkanes of at least 4 members (excludes halogenated alkanes) is 2. The number of aliphatic hydroxyl groups excluding tert-OH is 1. The average molecular weight is 1020 g/mol. The highest BCUT2D eigenvalue weighted by Gasteiger charge is 2.51. The number of aliphatic hydroxyl groups is 1. The molecule has 3 heterocycles. The van der Waals surface area contributed by atoms with Crippen LogP contribution < -0.4 is 14.2 Å². The highest BCUT2D eigenvalue weighted by Crippen LogP contribution is 2.61. The van der Waals surface area contributed by atoms with Gasteiger partial charge in [0.1, 0.15) is 62.0 Å². The highest BCUT2D eigenvalue weighted by atomic mass is 16.6. The number of carbonyl (C=O) groups is 3. The Balaban J connectivity index is 0.000000156. The Hall–Kier alpha value is -4.71. The molecule has 3 aromatic rings. The average Bonchev–Trinajstić information content (AvgIpc) is 3.92. The number of imide groups is 1. The predicted molar refractivity (Wildman–Crippen MR) is 292 cm³/mol. The molecule has 6 aliphatic carbocycles. The van der Waals surface area contributed by atoms with Gasteiger partial charge in [-0.25, -0.2) is 0 Å². The van der Waals surface area contributed by atoms with Crippen LogP contribution in [0.15, 0.2) is 103 Å². The van der Waals surface area contributed by atoms with Gasteiger partial charge in [-0.2, -0.15) is 0 Å². The van der Waals surface area contributed by atoms with E-state index in [4.69, 9.17) is 28.4 Å². The zero-order valence-electron chi connectivity index (χ0n) is 45.7. The van der Waals surface area contributed by atoms with Gasteiger partial charge in [0.25, 0.3) is 11.8 Å². The van der Waals surface area contributed by atoms with E-state index < -0.39 is 12.1 Å². The number of esters is 1. The van der Waals surface area contributed by atoms with Crippen molar-refractivity contribution in [2.45, 2.75) is 150 Å². The standard InChI is InChI=1S/C19H23NO6.2C11H18.2C9H10O2.2C2H6/c21-15(13-25-16-7-3-1-4-8-16)14-26-19(24)9-5-2-6-12-20-17(22)10-11-18(20)23;2*1-7-4-10-8-2-3-9(6-8)11(10)5-7;2*1-2-4-8(5-3-1)10-6-9-7-11-9;2*1-2/h1,3-4,7-8,10-11,15,21H,2,5-6,9,12-14H2;2*7-11H,2-6H2,1H3;2*1-5,9H,6-7H2;2*1-2H3. The second kappa shape index (κ2) is 31.4. The SMILES string of the molecule is CC.CC.CC1CC2C3CCC(C3)C2C1.CC1CC2C3CCC(C3)C2C1.O=C(CCCCCN1C(=O)C=CC1=O)OCC(O)COc1ccccc1.c1ccc(OCC2CO2)cc1.c1ccc(OCC2CO2)cc1. The summed E-state index contributed by atoms with van der Waals surface area (Å²) in [5, 5.41) is 9.76. The van der Waals surface area contributed by atoms with Crippen LogP contribution in [-0.2, 0) is 28.6 Å². The fraction of sp³-hybridized carbons (Fsp3) is 0.635. The third kappa shape index (κ3) is 19.1. The van der Waals surface area contributed by atoms with Gasteiger partial charge in [-0.05, 0) is 173 Å². The summed E-state index contributed by atoms with van der Waals surface area (Å²) >= 11 is 0.